The van der Waals surface area contributed by atoms with Gasteiger partial charge < -0.3 is 0 Å². The maximum Gasteiger partial charge on any atom is 0.253 e. The summed E-state index contributed by atoms with van der Waals surface area (Å²) >= 11 is 0. The second-order valence-corrected chi connectivity index (χ2v) is 6.65. The van der Waals surface area contributed by atoms with Crippen molar-refractivity contribution in [1.82, 2.24) is 10.5 Å². The van der Waals surface area contributed by atoms with Crippen LogP contribution in [0.3, 0.4) is 0 Å². The number of halogens is 2. The Morgan fingerprint density at radius 1 is 1.30 bits per heavy atom. The molecule has 4 nitrogen and oxygen atoms in total. The quantitative estimate of drug-likeness (QED) is 0.560. The van der Waals surface area contributed by atoms with Gasteiger partial charge in [0.15, 0.2) is 0 Å². The normalized spacial score (nSPS) is 21.9. The Kier molecular flexibility index (Phi) is 7.02. The van der Waals surface area contributed by atoms with Gasteiger partial charge in [-0.2, -0.15) is 0 Å². The van der Waals surface area contributed by atoms with Crippen molar-refractivity contribution in [3.05, 3.63) is 65.0 Å². The van der Waals surface area contributed by atoms with E-state index in [1.54, 1.807) is 30.7 Å². The van der Waals surface area contributed by atoms with Crippen LogP contribution < -0.4 is 5.48 Å². The molecule has 0 aliphatic heterocycles. The predicted molar refractivity (Wildman–Crippen MR) is 104 cm³/mol. The fourth-order valence-corrected chi connectivity index (χ4v) is 3.95. The van der Waals surface area contributed by atoms with E-state index in [0.717, 1.165) is 11.8 Å². The summed E-state index contributed by atoms with van der Waals surface area (Å²) < 4.78 is 37.4. The summed E-state index contributed by atoms with van der Waals surface area (Å²) in [6.45, 7) is 1.64. The van der Waals surface area contributed by atoms with Gasteiger partial charge in [0.05, 0.1) is 11.6 Å². The van der Waals surface area contributed by atoms with Gasteiger partial charge in [-0.3, -0.25) is 15.0 Å². The molecule has 3 rings (SSSR count). The molecular formula is C21H30F2N2O2. The van der Waals surface area contributed by atoms with Crippen molar-refractivity contribution in [3.63, 3.8) is 0 Å². The molecule has 1 aromatic carbocycles. The number of carbonyl (C=O) groups excluding carboxylic acids is 1. The molecule has 27 heavy (non-hydrogen) atoms. The van der Waals surface area contributed by atoms with Gasteiger partial charge in [-0.05, 0) is 67.3 Å². The summed E-state index contributed by atoms with van der Waals surface area (Å²) in [5, 5.41) is 9.24. The number of carbonyl (C=O) groups is 1. The molecule has 0 radical (unpaired) electrons. The lowest BCUT2D eigenvalue weighted by Crippen LogP contribution is -2.46. The Balaban J connectivity index is 0.00000190. The Bertz CT molecular complexity index is 798. The van der Waals surface area contributed by atoms with Crippen molar-refractivity contribution in [1.29, 1.82) is 0 Å². The fourth-order valence-electron chi connectivity index (χ4n) is 3.95. The van der Waals surface area contributed by atoms with Crippen LogP contribution in [0.15, 0.2) is 36.7 Å². The van der Waals surface area contributed by atoms with Gasteiger partial charge in [0.2, 0.25) is 0 Å². The number of hydrogen-bond acceptors (Lipinski definition) is 3. The zero-order chi connectivity index (χ0) is 20.0. The molecule has 150 valence electrons. The van der Waals surface area contributed by atoms with Crippen LogP contribution >= 0.6 is 0 Å². The average molecular weight is 382 g/mol. The van der Waals surface area contributed by atoms with Gasteiger partial charge in [-0.25, -0.2) is 14.3 Å². The summed E-state index contributed by atoms with van der Waals surface area (Å²) in [7, 11) is 0. The van der Waals surface area contributed by atoms with Gasteiger partial charge in [-0.15, -0.1) is 0 Å². The first-order valence-electron chi connectivity index (χ1n) is 9.28. The molecule has 1 aromatic heterocycles. The molecule has 1 aliphatic rings. The highest BCUT2D eigenvalue weighted by Crippen LogP contribution is 2.46. The van der Waals surface area contributed by atoms with E-state index in [2.05, 4.69) is 4.98 Å². The Hall–Kier alpha value is -2.34. The lowest BCUT2D eigenvalue weighted by atomic mass is 9.64. The van der Waals surface area contributed by atoms with Gasteiger partial charge in [-0.1, -0.05) is 27.0 Å². The Morgan fingerprint density at radius 3 is 2.56 bits per heavy atom. The van der Waals surface area contributed by atoms with Crippen molar-refractivity contribution < 1.29 is 21.8 Å². The van der Waals surface area contributed by atoms with Crippen molar-refractivity contribution in [2.45, 2.75) is 58.8 Å². The molecule has 1 aliphatic carbocycles. The van der Waals surface area contributed by atoms with Crippen LogP contribution in [0.4, 0.5) is 8.78 Å². The number of pyridine rings is 1. The summed E-state index contributed by atoms with van der Waals surface area (Å²) in [6, 6.07) is 6.13. The summed E-state index contributed by atoms with van der Waals surface area (Å²) in [6.07, 6.45) is 4.91. The molecule has 0 unspecified atom stereocenters. The number of hydroxylamine groups is 1. The number of nitrogens with zero attached hydrogens (tertiary/aromatic N) is 1. The lowest BCUT2D eigenvalue weighted by Gasteiger charge is -2.39. The van der Waals surface area contributed by atoms with E-state index < -0.39 is 11.3 Å². The minimum Gasteiger partial charge on any atom is -0.289 e. The second kappa shape index (κ2) is 9.04. The van der Waals surface area contributed by atoms with E-state index in [1.165, 1.54) is 12.1 Å². The highest BCUT2D eigenvalue weighted by molar-refractivity contribution is 5.88. The number of amides is 1. The molecule has 1 heterocycles. The molecule has 0 saturated heterocycles. The van der Waals surface area contributed by atoms with Gasteiger partial charge in [0.25, 0.3) is 5.91 Å². The third-order valence-corrected chi connectivity index (χ3v) is 5.36. The minimum atomic E-state index is -0.988. The number of benzene rings is 1. The van der Waals surface area contributed by atoms with E-state index in [0.29, 0.717) is 36.8 Å². The third-order valence-electron chi connectivity index (χ3n) is 5.36. The first-order chi connectivity index (χ1) is 13.0. The first-order valence-corrected chi connectivity index (χ1v) is 8.28. The van der Waals surface area contributed by atoms with Crippen LogP contribution in [0.25, 0.3) is 0 Å². The van der Waals surface area contributed by atoms with E-state index in [1.807, 2.05) is 0 Å². The van der Waals surface area contributed by atoms with Crippen molar-refractivity contribution in [2.75, 3.05) is 0 Å². The maximum atomic E-state index is 14.0. The highest BCUT2D eigenvalue weighted by Gasteiger charge is 2.44. The molecule has 0 atom stereocenters. The Morgan fingerprint density at radius 2 is 1.96 bits per heavy atom. The fraction of sp³-hybridized carbons (Fsp3) is 0.429. The monoisotopic (exact) mass is 382 g/mol. The third kappa shape index (κ3) is 4.16. The van der Waals surface area contributed by atoms with Crippen LogP contribution in [-0.4, -0.2) is 16.1 Å². The van der Waals surface area contributed by atoms with Gasteiger partial charge >= 0.3 is 0 Å². The first kappa shape index (κ1) is 21.0. The highest BCUT2D eigenvalue weighted by atomic mass is 19.1. The SMILES string of the molecule is C.C.Cc1c(F)cccc1C1(C(=O)NO)CCC(c2cncc(F)c2)CC1.[2H][2H]. The molecule has 2 aromatic rings. The van der Waals surface area contributed by atoms with Crippen LogP contribution in [0.2, 0.25) is 0 Å². The largest absolute Gasteiger partial charge is 0.289 e. The topological polar surface area (TPSA) is 62.2 Å². The van der Waals surface area contributed by atoms with E-state index >= 15 is 0 Å². The lowest BCUT2D eigenvalue weighted by molar-refractivity contribution is -0.136. The summed E-state index contributed by atoms with van der Waals surface area (Å²) in [5.41, 5.74) is 2.57. The van der Waals surface area contributed by atoms with Gasteiger partial charge in [0, 0.05) is 9.17 Å². The summed E-state index contributed by atoms with van der Waals surface area (Å²) in [4.78, 5) is 16.4. The summed E-state index contributed by atoms with van der Waals surface area (Å²) in [5.74, 6) is -1.21. The number of nitrogens with one attached hydrogen (secondary N) is 1. The average Bonchev–Trinajstić information content (AvgIpc) is 2.71. The molecule has 2 N–H and O–H groups in total. The molecular weight excluding hydrogens is 350 g/mol. The van der Waals surface area contributed by atoms with Crippen LogP contribution in [0.5, 0.6) is 0 Å². The molecule has 0 spiro atoms. The molecule has 1 amide bonds. The Labute approximate surface area is 162 Å². The van der Waals surface area contributed by atoms with Crippen LogP contribution in [-0.2, 0) is 10.2 Å². The minimum absolute atomic E-state index is 0. The molecule has 1 fully saturated rings. The van der Waals surface area contributed by atoms with Crippen molar-refractivity contribution >= 4 is 5.91 Å². The number of rotatable bonds is 3. The number of aromatic nitrogens is 1. The molecule has 6 heteroatoms. The smallest absolute Gasteiger partial charge is 0.253 e. The number of hydrogen-bond donors (Lipinski definition) is 2. The molecule has 1 saturated carbocycles. The van der Waals surface area contributed by atoms with Crippen LogP contribution in [0, 0.1) is 18.6 Å². The zero-order valence-electron chi connectivity index (χ0n) is 15.9. The maximum absolute atomic E-state index is 14.0. The molecule has 0 bridgehead atoms. The van der Waals surface area contributed by atoms with Crippen LogP contribution in [0.1, 0.15) is 66.1 Å². The van der Waals surface area contributed by atoms with E-state index in [4.69, 9.17) is 2.97 Å². The second-order valence-electron chi connectivity index (χ2n) is 6.65. The van der Waals surface area contributed by atoms with Gasteiger partial charge in [0.1, 0.15) is 11.6 Å². The zero-order valence-corrected chi connectivity index (χ0v) is 13.9. The van der Waals surface area contributed by atoms with Crippen molar-refractivity contribution in [3.8, 4) is 0 Å². The predicted octanol–water partition coefficient (Wildman–Crippen LogP) is 5.29. The van der Waals surface area contributed by atoms with E-state index in [9.17, 15) is 18.8 Å². The standard InChI is InChI=1S/C19H20F2N2O2.2CH4.H2/c1-12-16(3-2-4-17(12)21)19(18(24)23-25)7-5-13(6-8-19)14-9-15(20)11-22-10-14;;;/h2-4,9-11,13,25H,5-8H2,1H3,(H,23,24);2*1H4;1H/i;;;1+1D. The van der Waals surface area contributed by atoms with Crippen molar-refractivity contribution in [2.24, 2.45) is 0 Å². The van der Waals surface area contributed by atoms with E-state index in [-0.39, 0.29) is 32.4 Å².